The van der Waals surface area contributed by atoms with Crippen molar-refractivity contribution < 1.29 is 63.1 Å². The molecular formula is C26H49O13P. The molecular weight excluding hydrogens is 551 g/mol. The lowest BCUT2D eigenvalue weighted by Crippen LogP contribution is -2.64. The number of carbonyl (C=O) groups excluding carboxylic acids is 2. The van der Waals surface area contributed by atoms with E-state index in [1.807, 2.05) is 0 Å². The van der Waals surface area contributed by atoms with Crippen LogP contribution in [0.5, 0.6) is 0 Å². The molecule has 0 aliphatic heterocycles. The molecule has 1 aliphatic carbocycles. The number of phosphoric acid groups is 1. The third kappa shape index (κ3) is 14.2. The average Bonchev–Trinajstić information content (AvgIpc) is 2.93. The second-order valence-corrected chi connectivity index (χ2v) is 11.6. The first-order valence-electron chi connectivity index (χ1n) is 14.3. The van der Waals surface area contributed by atoms with Crippen molar-refractivity contribution in [3.05, 3.63) is 0 Å². The summed E-state index contributed by atoms with van der Waals surface area (Å²) in [6, 6.07) is 0. The minimum atomic E-state index is -5.06. The standard InChI is InChI=1S/C26H49O13P/c1-3-5-6-7-8-9-10-11-12-13-14-15-20(28)38-18(16-36-19(27)4-2)17-37-40(34,35)39-26-24(32)22(30)21(29)23(31)25(26)33/h18,21-26,29-33H,3-17H2,1-2H3,(H,34,35). The van der Waals surface area contributed by atoms with Crippen LogP contribution in [0.15, 0.2) is 0 Å². The van der Waals surface area contributed by atoms with Gasteiger partial charge in [0.1, 0.15) is 43.2 Å². The summed E-state index contributed by atoms with van der Waals surface area (Å²) in [5, 5.41) is 49.2. The van der Waals surface area contributed by atoms with Gasteiger partial charge in [0.25, 0.3) is 0 Å². The molecule has 0 aromatic rings. The van der Waals surface area contributed by atoms with Gasteiger partial charge in [-0.15, -0.1) is 0 Å². The molecule has 40 heavy (non-hydrogen) atoms. The number of aliphatic hydroxyl groups is 5. The largest absolute Gasteiger partial charge is 0.472 e. The highest BCUT2D eigenvalue weighted by atomic mass is 31.2. The molecule has 236 valence electrons. The molecule has 1 saturated carbocycles. The Morgan fingerprint density at radius 1 is 0.700 bits per heavy atom. The summed E-state index contributed by atoms with van der Waals surface area (Å²) >= 11 is 0. The molecule has 0 heterocycles. The minimum absolute atomic E-state index is 0.0514. The minimum Gasteiger partial charge on any atom is -0.462 e. The van der Waals surface area contributed by atoms with Crippen LogP contribution < -0.4 is 0 Å². The lowest BCUT2D eigenvalue weighted by atomic mass is 9.85. The summed E-state index contributed by atoms with van der Waals surface area (Å²) in [6.45, 7) is 2.57. The van der Waals surface area contributed by atoms with Crippen LogP contribution in [0.3, 0.4) is 0 Å². The number of ether oxygens (including phenoxy) is 2. The molecule has 0 aromatic carbocycles. The fraction of sp³-hybridized carbons (Fsp3) is 0.923. The van der Waals surface area contributed by atoms with Gasteiger partial charge in [0.05, 0.1) is 6.61 Å². The first-order valence-corrected chi connectivity index (χ1v) is 15.8. The number of unbranched alkanes of at least 4 members (excludes halogenated alkanes) is 10. The highest BCUT2D eigenvalue weighted by Crippen LogP contribution is 2.47. The molecule has 6 unspecified atom stereocenters. The molecule has 1 rings (SSSR count). The van der Waals surface area contributed by atoms with Crippen LogP contribution in [0.2, 0.25) is 0 Å². The van der Waals surface area contributed by atoms with E-state index < -0.39 is 75.7 Å². The first-order chi connectivity index (χ1) is 18.9. The zero-order chi connectivity index (χ0) is 30.1. The van der Waals surface area contributed by atoms with Crippen LogP contribution in [0.25, 0.3) is 0 Å². The maximum atomic E-state index is 12.5. The van der Waals surface area contributed by atoms with Crippen molar-refractivity contribution in [1.82, 2.24) is 0 Å². The smallest absolute Gasteiger partial charge is 0.462 e. The average molecular weight is 601 g/mol. The monoisotopic (exact) mass is 600 g/mol. The summed E-state index contributed by atoms with van der Waals surface area (Å²) in [7, 11) is -5.06. The van der Waals surface area contributed by atoms with Gasteiger partial charge in [-0.3, -0.25) is 18.6 Å². The van der Waals surface area contributed by atoms with Crippen molar-refractivity contribution in [3.8, 4) is 0 Å². The number of phosphoric ester groups is 1. The molecule has 0 spiro atoms. The lowest BCUT2D eigenvalue weighted by Gasteiger charge is -2.41. The number of rotatable bonds is 21. The number of esters is 2. The number of hydrogen-bond acceptors (Lipinski definition) is 12. The van der Waals surface area contributed by atoms with E-state index in [0.717, 1.165) is 25.7 Å². The number of carbonyl (C=O) groups is 2. The number of aliphatic hydroxyl groups excluding tert-OH is 5. The predicted molar refractivity (Wildman–Crippen MR) is 143 cm³/mol. The Labute approximate surface area is 236 Å². The molecule has 1 fully saturated rings. The summed E-state index contributed by atoms with van der Waals surface area (Å²) in [5.74, 6) is -1.20. The predicted octanol–water partition coefficient (Wildman–Crippen LogP) is 1.87. The van der Waals surface area contributed by atoms with Gasteiger partial charge in [0, 0.05) is 12.8 Å². The summed E-state index contributed by atoms with van der Waals surface area (Å²) < 4.78 is 32.3. The Balaban J connectivity index is 2.49. The van der Waals surface area contributed by atoms with Crippen LogP contribution in [0, 0.1) is 0 Å². The van der Waals surface area contributed by atoms with Crippen LogP contribution >= 0.6 is 7.82 Å². The quantitative estimate of drug-likeness (QED) is 0.0632. The summed E-state index contributed by atoms with van der Waals surface area (Å²) in [5.41, 5.74) is 0. The summed E-state index contributed by atoms with van der Waals surface area (Å²) in [6.07, 6.45) is -0.768. The van der Waals surface area contributed by atoms with E-state index in [-0.39, 0.29) is 12.8 Å². The van der Waals surface area contributed by atoms with Gasteiger partial charge in [0.15, 0.2) is 6.10 Å². The van der Waals surface area contributed by atoms with Gasteiger partial charge in [0.2, 0.25) is 0 Å². The fourth-order valence-electron chi connectivity index (χ4n) is 4.27. The van der Waals surface area contributed by atoms with E-state index >= 15 is 0 Å². The second-order valence-electron chi connectivity index (χ2n) is 10.2. The van der Waals surface area contributed by atoms with Crippen molar-refractivity contribution in [3.63, 3.8) is 0 Å². The molecule has 6 N–H and O–H groups in total. The van der Waals surface area contributed by atoms with Crippen molar-refractivity contribution in [2.24, 2.45) is 0 Å². The zero-order valence-corrected chi connectivity index (χ0v) is 24.5. The maximum absolute atomic E-state index is 12.5. The first kappa shape index (κ1) is 36.9. The van der Waals surface area contributed by atoms with Gasteiger partial charge in [-0.25, -0.2) is 4.57 Å². The van der Waals surface area contributed by atoms with Crippen LogP contribution in [0.1, 0.15) is 97.3 Å². The van der Waals surface area contributed by atoms with Crippen molar-refractivity contribution >= 4 is 19.8 Å². The van der Waals surface area contributed by atoms with Crippen molar-refractivity contribution in [1.29, 1.82) is 0 Å². The third-order valence-corrected chi connectivity index (χ3v) is 7.74. The Bertz CT molecular complexity index is 751. The molecule has 0 bridgehead atoms. The normalized spacial score (nSPS) is 27.1. The van der Waals surface area contributed by atoms with Gasteiger partial charge in [-0.1, -0.05) is 78.1 Å². The molecule has 0 amide bonds. The Morgan fingerprint density at radius 2 is 1.18 bits per heavy atom. The van der Waals surface area contributed by atoms with E-state index in [4.69, 9.17) is 18.5 Å². The molecule has 14 heteroatoms. The van der Waals surface area contributed by atoms with Crippen LogP contribution in [-0.2, 0) is 32.7 Å². The van der Waals surface area contributed by atoms with E-state index in [9.17, 15) is 44.6 Å². The Hall–Kier alpha value is -1.15. The molecule has 1 aliphatic rings. The highest BCUT2D eigenvalue weighted by molar-refractivity contribution is 7.47. The SMILES string of the molecule is CCCCCCCCCCCCCC(=O)OC(COC(=O)CC)COP(=O)(O)OC1C(O)C(O)C(O)C(O)C1O. The lowest BCUT2D eigenvalue weighted by molar-refractivity contribution is -0.220. The molecule has 0 saturated heterocycles. The van der Waals surface area contributed by atoms with Gasteiger partial charge >= 0.3 is 19.8 Å². The van der Waals surface area contributed by atoms with E-state index in [1.165, 1.54) is 38.5 Å². The van der Waals surface area contributed by atoms with E-state index in [2.05, 4.69) is 6.92 Å². The highest BCUT2D eigenvalue weighted by Gasteiger charge is 2.51. The molecule has 0 radical (unpaired) electrons. The Kier molecular flexibility index (Phi) is 18.3. The van der Waals surface area contributed by atoms with Gasteiger partial charge in [-0.05, 0) is 6.42 Å². The second kappa shape index (κ2) is 19.9. The maximum Gasteiger partial charge on any atom is 0.472 e. The van der Waals surface area contributed by atoms with Crippen LogP contribution in [-0.4, -0.2) is 98.3 Å². The fourth-order valence-corrected chi connectivity index (χ4v) is 5.24. The van der Waals surface area contributed by atoms with E-state index in [1.54, 1.807) is 6.92 Å². The third-order valence-electron chi connectivity index (χ3n) is 6.75. The molecule has 0 aromatic heterocycles. The molecule has 6 atom stereocenters. The Morgan fingerprint density at radius 3 is 1.68 bits per heavy atom. The number of hydrogen-bond donors (Lipinski definition) is 6. The molecule has 13 nitrogen and oxygen atoms in total. The van der Waals surface area contributed by atoms with Crippen molar-refractivity contribution in [2.45, 2.75) is 140 Å². The van der Waals surface area contributed by atoms with Crippen LogP contribution in [0.4, 0.5) is 0 Å². The zero-order valence-electron chi connectivity index (χ0n) is 23.6. The van der Waals surface area contributed by atoms with E-state index in [0.29, 0.717) is 6.42 Å². The van der Waals surface area contributed by atoms with Crippen molar-refractivity contribution in [2.75, 3.05) is 13.2 Å². The van der Waals surface area contributed by atoms with Gasteiger partial charge in [-0.2, -0.15) is 0 Å². The topological polar surface area (TPSA) is 210 Å². The summed E-state index contributed by atoms with van der Waals surface area (Å²) in [4.78, 5) is 34.0. The van der Waals surface area contributed by atoms with Gasteiger partial charge < -0.3 is 39.9 Å².